The highest BCUT2D eigenvalue weighted by Crippen LogP contribution is 2.12. The molecule has 0 saturated heterocycles. The molecular formula is C16H34N2OS. The van der Waals surface area contributed by atoms with Crippen LogP contribution >= 0.6 is 11.8 Å². The first-order valence-corrected chi connectivity index (χ1v) is 9.21. The molecule has 0 aliphatic heterocycles. The van der Waals surface area contributed by atoms with Crippen LogP contribution in [0, 0.1) is 0 Å². The number of hydrogen-bond acceptors (Lipinski definition) is 3. The van der Waals surface area contributed by atoms with E-state index in [1.165, 1.54) is 64.2 Å². The zero-order valence-corrected chi connectivity index (χ0v) is 14.3. The molecule has 2 N–H and O–H groups in total. The Labute approximate surface area is 130 Å². The molecular weight excluding hydrogens is 268 g/mol. The number of thioether (sulfide) groups is 1. The van der Waals surface area contributed by atoms with Gasteiger partial charge in [0.15, 0.2) is 5.17 Å². The van der Waals surface area contributed by atoms with Crippen molar-refractivity contribution in [2.24, 2.45) is 10.7 Å². The highest BCUT2D eigenvalue weighted by atomic mass is 32.2. The third-order valence-electron chi connectivity index (χ3n) is 3.31. The molecule has 0 aromatic carbocycles. The van der Waals surface area contributed by atoms with E-state index in [0.717, 1.165) is 5.75 Å². The lowest BCUT2D eigenvalue weighted by Crippen LogP contribution is -2.09. The van der Waals surface area contributed by atoms with Gasteiger partial charge in [0.05, 0.1) is 13.2 Å². The molecule has 0 bridgehead atoms. The standard InChI is InChI=1S/C16H34N2OS/c1-3-4-5-6-7-8-9-10-11-12-15-20-16(17)18-13-14-19-2/h3-15H2,1-2H3,(H2,17,18). The molecule has 0 fully saturated rings. The van der Waals surface area contributed by atoms with E-state index in [-0.39, 0.29) is 0 Å². The number of hydrogen-bond donors (Lipinski definition) is 1. The Morgan fingerprint density at radius 1 is 0.950 bits per heavy atom. The molecule has 0 saturated carbocycles. The van der Waals surface area contributed by atoms with E-state index in [0.29, 0.717) is 18.3 Å². The van der Waals surface area contributed by atoms with E-state index in [9.17, 15) is 0 Å². The van der Waals surface area contributed by atoms with Crippen LogP contribution in [-0.4, -0.2) is 31.2 Å². The summed E-state index contributed by atoms with van der Waals surface area (Å²) in [5, 5.41) is 0.706. The van der Waals surface area contributed by atoms with Gasteiger partial charge < -0.3 is 10.5 Å². The van der Waals surface area contributed by atoms with Crippen LogP contribution in [-0.2, 0) is 4.74 Å². The van der Waals surface area contributed by atoms with Gasteiger partial charge in [0.1, 0.15) is 0 Å². The minimum Gasteiger partial charge on any atom is -0.383 e. The molecule has 20 heavy (non-hydrogen) atoms. The van der Waals surface area contributed by atoms with E-state index in [1.807, 2.05) is 0 Å². The number of rotatable bonds is 14. The first kappa shape index (κ1) is 19.8. The summed E-state index contributed by atoms with van der Waals surface area (Å²) in [6.45, 7) is 3.60. The lowest BCUT2D eigenvalue weighted by molar-refractivity contribution is 0.208. The average Bonchev–Trinajstić information content (AvgIpc) is 2.45. The van der Waals surface area contributed by atoms with Crippen LogP contribution in [0.25, 0.3) is 0 Å². The van der Waals surface area contributed by atoms with Crippen molar-refractivity contribution in [1.82, 2.24) is 0 Å². The fraction of sp³-hybridized carbons (Fsp3) is 0.938. The van der Waals surface area contributed by atoms with Crippen LogP contribution in [0.15, 0.2) is 4.99 Å². The number of aliphatic imine (C=N–C) groups is 1. The quantitative estimate of drug-likeness (QED) is 0.290. The van der Waals surface area contributed by atoms with E-state index < -0.39 is 0 Å². The lowest BCUT2D eigenvalue weighted by atomic mass is 10.1. The molecule has 0 rings (SSSR count). The second kappa shape index (κ2) is 16.8. The van der Waals surface area contributed by atoms with Crippen LogP contribution < -0.4 is 5.73 Å². The van der Waals surface area contributed by atoms with Gasteiger partial charge in [0.2, 0.25) is 0 Å². The molecule has 0 spiro atoms. The summed E-state index contributed by atoms with van der Waals surface area (Å²) in [7, 11) is 1.68. The van der Waals surface area contributed by atoms with Crippen molar-refractivity contribution in [1.29, 1.82) is 0 Å². The predicted octanol–water partition coefficient (Wildman–Crippen LogP) is 4.60. The Kier molecular flexibility index (Phi) is 16.6. The minimum atomic E-state index is 0.652. The second-order valence-corrected chi connectivity index (χ2v) is 6.36. The monoisotopic (exact) mass is 302 g/mol. The van der Waals surface area contributed by atoms with Gasteiger partial charge in [0.25, 0.3) is 0 Å². The number of ether oxygens (including phenoxy) is 1. The normalized spacial score (nSPS) is 12.0. The van der Waals surface area contributed by atoms with Crippen molar-refractivity contribution in [3.8, 4) is 0 Å². The van der Waals surface area contributed by atoms with Crippen molar-refractivity contribution in [2.45, 2.75) is 71.1 Å². The lowest BCUT2D eigenvalue weighted by Gasteiger charge is -2.03. The van der Waals surface area contributed by atoms with Crippen LogP contribution in [0.3, 0.4) is 0 Å². The average molecular weight is 303 g/mol. The molecule has 0 radical (unpaired) electrons. The van der Waals surface area contributed by atoms with Crippen LogP contribution in [0.4, 0.5) is 0 Å². The van der Waals surface area contributed by atoms with Gasteiger partial charge in [0, 0.05) is 12.9 Å². The minimum absolute atomic E-state index is 0.652. The maximum Gasteiger partial charge on any atom is 0.153 e. The van der Waals surface area contributed by atoms with Crippen molar-refractivity contribution >= 4 is 16.9 Å². The van der Waals surface area contributed by atoms with Gasteiger partial charge in [-0.3, -0.25) is 4.99 Å². The summed E-state index contributed by atoms with van der Waals surface area (Å²) >= 11 is 1.68. The molecule has 4 heteroatoms. The van der Waals surface area contributed by atoms with Gasteiger partial charge in [-0.1, -0.05) is 76.5 Å². The van der Waals surface area contributed by atoms with Gasteiger partial charge in [-0.05, 0) is 6.42 Å². The van der Waals surface area contributed by atoms with E-state index in [4.69, 9.17) is 10.5 Å². The summed E-state index contributed by atoms with van der Waals surface area (Å²) < 4.78 is 4.93. The summed E-state index contributed by atoms with van der Waals surface area (Å²) in [6.07, 6.45) is 13.8. The highest BCUT2D eigenvalue weighted by molar-refractivity contribution is 8.13. The summed E-state index contributed by atoms with van der Waals surface area (Å²) in [4.78, 5) is 4.23. The molecule has 0 heterocycles. The Balaban J connectivity index is 3.14. The van der Waals surface area contributed by atoms with Crippen molar-refractivity contribution in [3.05, 3.63) is 0 Å². The molecule has 0 unspecified atom stereocenters. The van der Waals surface area contributed by atoms with Gasteiger partial charge in [-0.15, -0.1) is 0 Å². The van der Waals surface area contributed by atoms with Crippen molar-refractivity contribution in [2.75, 3.05) is 26.0 Å². The molecule has 0 atom stereocenters. The van der Waals surface area contributed by atoms with Crippen LogP contribution in [0.2, 0.25) is 0 Å². The number of unbranched alkanes of at least 4 members (excludes halogenated alkanes) is 9. The van der Waals surface area contributed by atoms with Crippen LogP contribution in [0.1, 0.15) is 71.1 Å². The topological polar surface area (TPSA) is 47.6 Å². The third kappa shape index (κ3) is 15.8. The largest absolute Gasteiger partial charge is 0.383 e. The fourth-order valence-electron chi connectivity index (χ4n) is 2.06. The zero-order chi connectivity index (χ0) is 14.9. The van der Waals surface area contributed by atoms with Gasteiger partial charge in [-0.2, -0.15) is 0 Å². The first-order chi connectivity index (χ1) is 9.81. The molecule has 0 aromatic heterocycles. The Morgan fingerprint density at radius 2 is 1.50 bits per heavy atom. The number of nitrogens with two attached hydrogens (primary N) is 1. The zero-order valence-electron chi connectivity index (χ0n) is 13.5. The Bertz CT molecular complexity index is 223. The summed E-state index contributed by atoms with van der Waals surface area (Å²) in [5.41, 5.74) is 5.79. The smallest absolute Gasteiger partial charge is 0.153 e. The highest BCUT2D eigenvalue weighted by Gasteiger charge is 1.95. The van der Waals surface area contributed by atoms with E-state index in [2.05, 4.69) is 11.9 Å². The Hall–Kier alpha value is -0.220. The number of amidine groups is 1. The third-order valence-corrected chi connectivity index (χ3v) is 4.23. The SMILES string of the molecule is CCCCCCCCCCCCSC(N)=NCCOC. The fourth-order valence-corrected chi connectivity index (χ4v) is 2.80. The summed E-state index contributed by atoms with van der Waals surface area (Å²) in [5.74, 6) is 1.10. The van der Waals surface area contributed by atoms with E-state index in [1.54, 1.807) is 18.9 Å². The Morgan fingerprint density at radius 3 is 2.05 bits per heavy atom. The van der Waals surface area contributed by atoms with Gasteiger partial charge >= 0.3 is 0 Å². The molecule has 3 nitrogen and oxygen atoms in total. The predicted molar refractivity (Wildman–Crippen MR) is 92.7 cm³/mol. The molecule has 120 valence electrons. The van der Waals surface area contributed by atoms with Gasteiger partial charge in [-0.25, -0.2) is 0 Å². The molecule has 0 aliphatic rings. The number of methoxy groups -OCH3 is 1. The van der Waals surface area contributed by atoms with E-state index >= 15 is 0 Å². The van der Waals surface area contributed by atoms with Crippen molar-refractivity contribution in [3.63, 3.8) is 0 Å². The van der Waals surface area contributed by atoms with Crippen molar-refractivity contribution < 1.29 is 4.74 Å². The second-order valence-electron chi connectivity index (χ2n) is 5.24. The molecule has 0 amide bonds. The number of nitrogens with zero attached hydrogens (tertiary/aromatic N) is 1. The first-order valence-electron chi connectivity index (χ1n) is 8.23. The molecule has 0 aromatic rings. The maximum absolute atomic E-state index is 5.79. The summed E-state index contributed by atoms with van der Waals surface area (Å²) in [6, 6.07) is 0. The molecule has 0 aliphatic carbocycles. The van der Waals surface area contributed by atoms with Crippen LogP contribution in [0.5, 0.6) is 0 Å². The maximum atomic E-state index is 5.79.